The van der Waals surface area contributed by atoms with Crippen molar-refractivity contribution in [2.45, 2.75) is 18.0 Å². The van der Waals surface area contributed by atoms with Crippen LogP contribution in [-0.2, 0) is 21.0 Å². The van der Waals surface area contributed by atoms with Crippen LogP contribution in [0.3, 0.4) is 0 Å². The van der Waals surface area contributed by atoms with Crippen LogP contribution in [0.25, 0.3) is 0 Å². The minimum Gasteiger partial charge on any atom is -0.299 e. The number of rotatable bonds is 4. The summed E-state index contributed by atoms with van der Waals surface area (Å²) in [5.41, 5.74) is -1.26. The van der Waals surface area contributed by atoms with E-state index < -0.39 is 39.0 Å². The Morgan fingerprint density at radius 3 is 2.33 bits per heavy atom. The average molecular weight is 281 g/mol. The molecule has 8 heteroatoms. The van der Waals surface area contributed by atoms with E-state index in [1.54, 1.807) is 0 Å². The molecule has 0 atom stereocenters. The van der Waals surface area contributed by atoms with Crippen LogP contribution in [0.15, 0.2) is 29.2 Å². The number of hydrogen-bond acceptors (Lipinski definition) is 3. The van der Waals surface area contributed by atoms with E-state index in [9.17, 15) is 26.4 Å². The maximum atomic E-state index is 12.6. The van der Waals surface area contributed by atoms with Gasteiger partial charge in [0.05, 0.1) is 17.0 Å². The smallest absolute Gasteiger partial charge is 0.299 e. The van der Waals surface area contributed by atoms with Crippen molar-refractivity contribution in [3.05, 3.63) is 29.8 Å². The molecule has 0 fully saturated rings. The molecular weight excluding hydrogens is 271 g/mol. The Bertz CT molecular complexity index is 552. The lowest BCUT2D eigenvalue weighted by atomic mass is 10.2. The Morgan fingerprint density at radius 1 is 1.28 bits per heavy atom. The van der Waals surface area contributed by atoms with E-state index in [-0.39, 0.29) is 0 Å². The van der Waals surface area contributed by atoms with Crippen molar-refractivity contribution in [1.82, 2.24) is 4.72 Å². The topological polar surface area (TPSA) is 63.2 Å². The average Bonchev–Trinajstić information content (AvgIpc) is 2.25. The molecule has 0 saturated carbocycles. The maximum Gasteiger partial charge on any atom is 0.417 e. The highest BCUT2D eigenvalue weighted by molar-refractivity contribution is 7.89. The molecule has 0 unspecified atom stereocenters. The van der Waals surface area contributed by atoms with E-state index >= 15 is 0 Å². The number of Topliss-reactive ketones (excluding diaryl/α,β-unsaturated/α-hetero) is 1. The van der Waals surface area contributed by atoms with Gasteiger partial charge in [0.2, 0.25) is 10.0 Å². The Labute approximate surface area is 102 Å². The third-order valence-corrected chi connectivity index (χ3v) is 3.45. The zero-order valence-electron chi connectivity index (χ0n) is 9.28. The SMILES string of the molecule is CC(=O)CNS(=O)(=O)c1ccccc1C(F)(F)F. The third-order valence-electron chi connectivity index (χ3n) is 1.99. The molecule has 0 radical (unpaired) electrons. The van der Waals surface area contributed by atoms with Crippen LogP contribution in [-0.4, -0.2) is 20.7 Å². The lowest BCUT2D eigenvalue weighted by Gasteiger charge is -2.13. The van der Waals surface area contributed by atoms with Gasteiger partial charge in [-0.05, 0) is 19.1 Å². The summed E-state index contributed by atoms with van der Waals surface area (Å²) in [6.45, 7) is 0.576. The van der Waals surface area contributed by atoms with Gasteiger partial charge in [0, 0.05) is 0 Å². The highest BCUT2D eigenvalue weighted by Crippen LogP contribution is 2.33. The van der Waals surface area contributed by atoms with E-state index in [4.69, 9.17) is 0 Å². The van der Waals surface area contributed by atoms with Crippen LogP contribution in [0.1, 0.15) is 12.5 Å². The molecule has 1 N–H and O–H groups in total. The van der Waals surface area contributed by atoms with Gasteiger partial charge in [-0.25, -0.2) is 13.1 Å². The minimum absolute atomic E-state index is 0.497. The van der Waals surface area contributed by atoms with Gasteiger partial charge in [0.15, 0.2) is 0 Å². The van der Waals surface area contributed by atoms with E-state index in [0.29, 0.717) is 6.07 Å². The predicted octanol–water partition coefficient (Wildman–Crippen LogP) is 1.57. The van der Waals surface area contributed by atoms with Crippen molar-refractivity contribution in [1.29, 1.82) is 0 Å². The number of halogens is 3. The molecule has 0 aromatic heterocycles. The molecule has 1 rings (SSSR count). The Balaban J connectivity index is 3.21. The van der Waals surface area contributed by atoms with Gasteiger partial charge >= 0.3 is 6.18 Å². The Morgan fingerprint density at radius 2 is 1.83 bits per heavy atom. The summed E-state index contributed by atoms with van der Waals surface area (Å²) in [5, 5.41) is 0. The molecule has 100 valence electrons. The van der Waals surface area contributed by atoms with E-state index in [2.05, 4.69) is 0 Å². The first kappa shape index (κ1) is 14.7. The van der Waals surface area contributed by atoms with Crippen molar-refractivity contribution in [3.63, 3.8) is 0 Å². The molecule has 0 heterocycles. The molecular formula is C10H10F3NO3S. The zero-order chi connectivity index (χ0) is 14.0. The van der Waals surface area contributed by atoms with Crippen molar-refractivity contribution >= 4 is 15.8 Å². The standard InChI is InChI=1S/C10H10F3NO3S/c1-7(15)6-14-18(16,17)9-5-3-2-4-8(9)10(11,12)13/h2-5,14H,6H2,1H3. The van der Waals surface area contributed by atoms with E-state index in [1.807, 2.05) is 4.72 Å². The van der Waals surface area contributed by atoms with Crippen LogP contribution in [0.2, 0.25) is 0 Å². The molecule has 0 aliphatic rings. The van der Waals surface area contributed by atoms with Gasteiger partial charge in [-0.15, -0.1) is 0 Å². The molecule has 1 aromatic carbocycles. The lowest BCUT2D eigenvalue weighted by Crippen LogP contribution is -2.30. The van der Waals surface area contributed by atoms with Crippen LogP contribution < -0.4 is 4.72 Å². The summed E-state index contributed by atoms with van der Waals surface area (Å²) in [6, 6.07) is 3.78. The van der Waals surface area contributed by atoms with Gasteiger partial charge in [-0.2, -0.15) is 13.2 Å². The monoisotopic (exact) mass is 281 g/mol. The molecule has 4 nitrogen and oxygen atoms in total. The second kappa shape index (κ2) is 5.07. The first-order chi connectivity index (χ1) is 8.14. The lowest BCUT2D eigenvalue weighted by molar-refractivity contribution is -0.139. The number of carbonyl (C=O) groups excluding carboxylic acids is 1. The first-order valence-electron chi connectivity index (χ1n) is 4.80. The van der Waals surface area contributed by atoms with Crippen LogP contribution in [0, 0.1) is 0 Å². The molecule has 0 aliphatic heterocycles. The second-order valence-corrected chi connectivity index (χ2v) is 5.26. The van der Waals surface area contributed by atoms with Gasteiger partial charge in [-0.3, -0.25) is 4.79 Å². The van der Waals surface area contributed by atoms with E-state index in [0.717, 1.165) is 19.1 Å². The zero-order valence-corrected chi connectivity index (χ0v) is 10.1. The summed E-state index contributed by atoms with van der Waals surface area (Å²) in [7, 11) is -4.36. The summed E-state index contributed by atoms with van der Waals surface area (Å²) in [4.78, 5) is 9.76. The number of alkyl halides is 3. The highest BCUT2D eigenvalue weighted by atomic mass is 32.2. The van der Waals surface area contributed by atoms with Crippen LogP contribution >= 0.6 is 0 Å². The maximum absolute atomic E-state index is 12.6. The number of benzene rings is 1. The minimum atomic E-state index is -4.78. The summed E-state index contributed by atoms with van der Waals surface area (Å²) >= 11 is 0. The van der Waals surface area contributed by atoms with Gasteiger partial charge in [0.1, 0.15) is 5.78 Å². The second-order valence-electron chi connectivity index (χ2n) is 3.52. The molecule has 0 saturated heterocycles. The number of sulfonamides is 1. The highest BCUT2D eigenvalue weighted by Gasteiger charge is 2.36. The number of nitrogens with one attached hydrogen (secondary N) is 1. The summed E-state index contributed by atoms with van der Waals surface area (Å²) in [6.07, 6.45) is -4.78. The van der Waals surface area contributed by atoms with Crippen molar-refractivity contribution in [3.8, 4) is 0 Å². The van der Waals surface area contributed by atoms with Crippen molar-refractivity contribution in [2.75, 3.05) is 6.54 Å². The normalized spacial score (nSPS) is 12.4. The van der Waals surface area contributed by atoms with Crippen LogP contribution in [0.4, 0.5) is 13.2 Å². The molecule has 0 bridgehead atoms. The van der Waals surface area contributed by atoms with E-state index in [1.165, 1.54) is 6.07 Å². The van der Waals surface area contributed by atoms with Gasteiger partial charge in [0.25, 0.3) is 0 Å². The predicted molar refractivity (Wildman–Crippen MR) is 57.3 cm³/mol. The Kier molecular flexibility index (Phi) is 4.12. The quantitative estimate of drug-likeness (QED) is 0.911. The van der Waals surface area contributed by atoms with Crippen molar-refractivity contribution < 1.29 is 26.4 Å². The summed E-state index contributed by atoms with van der Waals surface area (Å²) < 4.78 is 62.9. The molecule has 0 amide bonds. The Hall–Kier alpha value is -1.41. The molecule has 1 aromatic rings. The summed E-state index contributed by atoms with van der Waals surface area (Å²) in [5.74, 6) is -0.497. The fourth-order valence-corrected chi connectivity index (χ4v) is 2.49. The van der Waals surface area contributed by atoms with Gasteiger partial charge in [-0.1, -0.05) is 12.1 Å². The number of carbonyl (C=O) groups is 1. The molecule has 0 spiro atoms. The number of hydrogen-bond donors (Lipinski definition) is 1. The largest absolute Gasteiger partial charge is 0.417 e. The molecule has 0 aliphatic carbocycles. The van der Waals surface area contributed by atoms with Gasteiger partial charge < -0.3 is 0 Å². The van der Waals surface area contributed by atoms with Crippen molar-refractivity contribution in [2.24, 2.45) is 0 Å². The third kappa shape index (κ3) is 3.54. The fourth-order valence-electron chi connectivity index (χ4n) is 1.21. The number of ketones is 1. The first-order valence-corrected chi connectivity index (χ1v) is 6.28. The molecule has 18 heavy (non-hydrogen) atoms. The van der Waals surface area contributed by atoms with Crippen LogP contribution in [0.5, 0.6) is 0 Å². The fraction of sp³-hybridized carbons (Fsp3) is 0.300.